The van der Waals surface area contributed by atoms with Crippen LogP contribution in [0.15, 0.2) is 35.2 Å². The molecule has 212 valence electrons. The average Bonchev–Trinajstić information content (AvgIpc) is 2.86. The second-order valence-electron chi connectivity index (χ2n) is 10.3. The molecule has 0 aromatic heterocycles. The second-order valence-corrected chi connectivity index (χ2v) is 15.2. The minimum Gasteiger partial charge on any atom is -0.324 e. The summed E-state index contributed by atoms with van der Waals surface area (Å²) in [7, 11) is -5.89. The van der Waals surface area contributed by atoms with Crippen LogP contribution >= 0.6 is 7.14 Å². The van der Waals surface area contributed by atoms with Crippen LogP contribution in [0.4, 0.5) is 0 Å². The third-order valence-corrected chi connectivity index (χ3v) is 11.1. The molecule has 0 fully saturated rings. The Morgan fingerprint density at radius 1 is 0.556 bits per heavy atom. The summed E-state index contributed by atoms with van der Waals surface area (Å²) in [6, 6.07) is 7.42. The SMILES string of the molecule is CCCCCCCCP(=O)(CCCCCCCC)CCCCCCCC.O=S(=O)(O)c1ccccc1. The zero-order valence-electron chi connectivity index (χ0n) is 23.8. The second kappa shape index (κ2) is 23.5. The summed E-state index contributed by atoms with van der Waals surface area (Å²) in [6.07, 6.45) is 26.9. The molecule has 0 saturated carbocycles. The summed E-state index contributed by atoms with van der Waals surface area (Å²) >= 11 is 0. The fourth-order valence-corrected chi connectivity index (χ4v) is 8.04. The van der Waals surface area contributed by atoms with Gasteiger partial charge >= 0.3 is 0 Å². The Labute approximate surface area is 224 Å². The van der Waals surface area contributed by atoms with E-state index in [1.54, 1.807) is 18.2 Å². The van der Waals surface area contributed by atoms with Crippen molar-refractivity contribution >= 4 is 17.3 Å². The van der Waals surface area contributed by atoms with Crippen molar-refractivity contribution in [1.82, 2.24) is 0 Å². The van der Waals surface area contributed by atoms with Crippen molar-refractivity contribution in [3.8, 4) is 0 Å². The lowest BCUT2D eigenvalue weighted by atomic mass is 10.1. The molecule has 0 radical (unpaired) electrons. The number of hydrogen-bond acceptors (Lipinski definition) is 3. The molecule has 0 aliphatic rings. The zero-order valence-corrected chi connectivity index (χ0v) is 25.5. The van der Waals surface area contributed by atoms with E-state index in [1.165, 1.54) is 128 Å². The fourth-order valence-electron chi connectivity index (χ4n) is 4.47. The Morgan fingerprint density at radius 3 is 1.14 bits per heavy atom. The largest absolute Gasteiger partial charge is 0.324 e. The standard InChI is InChI=1S/C24H51OP.C6H6O3S/c1-4-7-10-13-16-19-22-26(25,23-20-17-14-11-8-5-2)24-21-18-15-12-9-6-3;7-10(8,9)6-4-2-1-3-5-6/h4-24H2,1-3H3;1-5H,(H,7,8,9). The topological polar surface area (TPSA) is 71.4 Å². The van der Waals surface area contributed by atoms with Crippen molar-refractivity contribution in [3.05, 3.63) is 30.3 Å². The predicted octanol–water partition coefficient (Wildman–Crippen LogP) is 10.4. The van der Waals surface area contributed by atoms with Crippen LogP contribution in [0.1, 0.15) is 136 Å². The molecular formula is C30H57O4PS. The van der Waals surface area contributed by atoms with Gasteiger partial charge < -0.3 is 4.57 Å². The molecule has 1 aromatic carbocycles. The summed E-state index contributed by atoms with van der Waals surface area (Å²) in [4.78, 5) is -0.0741. The van der Waals surface area contributed by atoms with Crippen molar-refractivity contribution in [3.63, 3.8) is 0 Å². The molecule has 0 amide bonds. The minimum absolute atomic E-state index is 0.0741. The molecule has 36 heavy (non-hydrogen) atoms. The monoisotopic (exact) mass is 544 g/mol. The molecule has 0 heterocycles. The van der Waals surface area contributed by atoms with Gasteiger partial charge in [-0.05, 0) is 31.4 Å². The Kier molecular flexibility index (Phi) is 23.1. The molecule has 0 bridgehead atoms. The van der Waals surface area contributed by atoms with Gasteiger partial charge in [0.15, 0.2) is 0 Å². The molecule has 1 aromatic rings. The highest BCUT2D eigenvalue weighted by Crippen LogP contribution is 2.48. The van der Waals surface area contributed by atoms with Gasteiger partial charge in [-0.15, -0.1) is 0 Å². The van der Waals surface area contributed by atoms with E-state index < -0.39 is 17.3 Å². The van der Waals surface area contributed by atoms with Crippen molar-refractivity contribution in [2.24, 2.45) is 0 Å². The van der Waals surface area contributed by atoms with Gasteiger partial charge in [-0.3, -0.25) is 4.55 Å². The van der Waals surface area contributed by atoms with Crippen LogP contribution in [-0.4, -0.2) is 31.5 Å². The number of unbranched alkanes of at least 4 members (excludes halogenated alkanes) is 15. The first-order chi connectivity index (χ1) is 17.3. The Balaban J connectivity index is 0.00000101. The first-order valence-electron chi connectivity index (χ1n) is 14.9. The molecule has 0 aliphatic carbocycles. The molecule has 6 heteroatoms. The molecule has 1 N–H and O–H groups in total. The molecule has 4 nitrogen and oxygen atoms in total. The highest BCUT2D eigenvalue weighted by Gasteiger charge is 2.20. The van der Waals surface area contributed by atoms with Gasteiger partial charge in [-0.25, -0.2) is 0 Å². The molecule has 0 saturated heterocycles. The van der Waals surface area contributed by atoms with Crippen LogP contribution in [0.5, 0.6) is 0 Å². The first-order valence-corrected chi connectivity index (χ1v) is 18.6. The number of rotatable bonds is 22. The van der Waals surface area contributed by atoms with Crippen molar-refractivity contribution in [2.75, 3.05) is 18.5 Å². The predicted molar refractivity (Wildman–Crippen MR) is 159 cm³/mol. The summed E-state index contributed by atoms with van der Waals surface area (Å²) in [5, 5.41) is 0. The van der Waals surface area contributed by atoms with Crippen LogP contribution in [0.3, 0.4) is 0 Å². The molecule has 0 unspecified atom stereocenters. The quantitative estimate of drug-likeness (QED) is 0.0895. The van der Waals surface area contributed by atoms with Gasteiger partial charge in [0.2, 0.25) is 0 Å². The Bertz CT molecular complexity index is 702. The minimum atomic E-state index is -4.00. The molecular weight excluding hydrogens is 487 g/mol. The van der Waals surface area contributed by atoms with E-state index in [2.05, 4.69) is 20.8 Å². The maximum absolute atomic E-state index is 13.5. The van der Waals surface area contributed by atoms with E-state index in [4.69, 9.17) is 4.55 Å². The number of hydrogen-bond donors (Lipinski definition) is 1. The normalized spacial score (nSPS) is 11.8. The third kappa shape index (κ3) is 21.4. The van der Waals surface area contributed by atoms with Crippen LogP contribution < -0.4 is 0 Å². The zero-order chi connectivity index (χ0) is 27.0. The van der Waals surface area contributed by atoms with Crippen LogP contribution in [0, 0.1) is 0 Å². The van der Waals surface area contributed by atoms with Crippen LogP contribution in [0.2, 0.25) is 0 Å². The molecule has 0 atom stereocenters. The van der Waals surface area contributed by atoms with E-state index in [0.717, 1.165) is 18.5 Å². The van der Waals surface area contributed by atoms with Gasteiger partial charge in [-0.2, -0.15) is 8.42 Å². The van der Waals surface area contributed by atoms with E-state index >= 15 is 0 Å². The van der Waals surface area contributed by atoms with Gasteiger partial charge in [0.1, 0.15) is 0 Å². The summed E-state index contributed by atoms with van der Waals surface area (Å²) in [5.41, 5.74) is 0. The molecule has 0 spiro atoms. The lowest BCUT2D eigenvalue weighted by molar-refractivity contribution is 0.483. The van der Waals surface area contributed by atoms with E-state index in [9.17, 15) is 13.0 Å². The first kappa shape index (κ1) is 35.4. The highest BCUT2D eigenvalue weighted by atomic mass is 32.2. The van der Waals surface area contributed by atoms with Gasteiger partial charge in [-0.1, -0.05) is 135 Å². The van der Waals surface area contributed by atoms with Crippen LogP contribution in [0.25, 0.3) is 0 Å². The lowest BCUT2D eigenvalue weighted by Gasteiger charge is -2.18. The Hall–Kier alpha value is -0.640. The molecule has 1 rings (SSSR count). The number of benzene rings is 1. The van der Waals surface area contributed by atoms with Gasteiger partial charge in [0, 0.05) is 18.5 Å². The lowest BCUT2D eigenvalue weighted by Crippen LogP contribution is -2.02. The maximum atomic E-state index is 13.5. The van der Waals surface area contributed by atoms with Gasteiger partial charge in [0.25, 0.3) is 10.1 Å². The molecule has 0 aliphatic heterocycles. The highest BCUT2D eigenvalue weighted by molar-refractivity contribution is 7.85. The Morgan fingerprint density at radius 2 is 0.861 bits per heavy atom. The van der Waals surface area contributed by atoms with Crippen molar-refractivity contribution in [1.29, 1.82) is 0 Å². The fraction of sp³-hybridized carbons (Fsp3) is 0.800. The van der Waals surface area contributed by atoms with E-state index in [-0.39, 0.29) is 4.90 Å². The van der Waals surface area contributed by atoms with E-state index in [1.807, 2.05) is 0 Å². The maximum Gasteiger partial charge on any atom is 0.294 e. The van der Waals surface area contributed by atoms with Crippen molar-refractivity contribution < 1.29 is 17.5 Å². The third-order valence-electron chi connectivity index (χ3n) is 6.80. The summed E-state index contributed by atoms with van der Waals surface area (Å²) in [6.45, 7) is 6.82. The van der Waals surface area contributed by atoms with E-state index in [0.29, 0.717) is 0 Å². The summed E-state index contributed by atoms with van der Waals surface area (Å²) < 4.78 is 42.7. The van der Waals surface area contributed by atoms with Gasteiger partial charge in [0.05, 0.1) is 12.0 Å². The van der Waals surface area contributed by atoms with Crippen LogP contribution in [-0.2, 0) is 14.7 Å². The smallest absolute Gasteiger partial charge is 0.294 e. The average molecular weight is 545 g/mol. The van der Waals surface area contributed by atoms with Crippen molar-refractivity contribution in [2.45, 2.75) is 141 Å². The summed E-state index contributed by atoms with van der Waals surface area (Å²) in [5.74, 6) is 0.